The Bertz CT molecular complexity index is 352. The minimum Gasteiger partial charge on any atom is -0.381 e. The Morgan fingerprint density at radius 1 is 1.17 bits per heavy atom. The summed E-state index contributed by atoms with van der Waals surface area (Å²) in [7, 11) is 0. The van der Waals surface area contributed by atoms with Gasteiger partial charge in [-0.15, -0.1) is 12.4 Å². The fraction of sp³-hybridized carbons (Fsp3) is 0.941. The summed E-state index contributed by atoms with van der Waals surface area (Å²) >= 11 is 0. The Labute approximate surface area is 145 Å². The molecule has 3 heterocycles. The van der Waals surface area contributed by atoms with E-state index in [0.717, 1.165) is 45.8 Å². The highest BCUT2D eigenvalue weighted by molar-refractivity contribution is 5.85. The van der Waals surface area contributed by atoms with Crippen LogP contribution in [-0.2, 0) is 14.3 Å². The van der Waals surface area contributed by atoms with Crippen molar-refractivity contribution in [3.05, 3.63) is 0 Å². The van der Waals surface area contributed by atoms with Crippen molar-refractivity contribution in [2.24, 2.45) is 11.8 Å². The molecule has 3 atom stereocenters. The van der Waals surface area contributed by atoms with Crippen LogP contribution in [0, 0.1) is 11.8 Å². The molecular weight excluding hydrogens is 316 g/mol. The van der Waals surface area contributed by atoms with Gasteiger partial charge in [-0.2, -0.15) is 0 Å². The number of rotatable bonds is 8. The zero-order valence-corrected chi connectivity index (χ0v) is 14.7. The molecule has 1 amide bonds. The molecular formula is C17H31ClN2O3. The minimum atomic E-state index is 0. The van der Waals surface area contributed by atoms with Gasteiger partial charge in [0.1, 0.15) is 0 Å². The molecule has 3 saturated heterocycles. The molecule has 3 fully saturated rings. The summed E-state index contributed by atoms with van der Waals surface area (Å²) in [6.45, 7) is 3.98. The highest BCUT2D eigenvalue weighted by Gasteiger charge is 2.34. The van der Waals surface area contributed by atoms with Crippen LogP contribution in [0.1, 0.15) is 44.9 Å². The standard InChI is InChI=1S/C17H30N2O3.ClH/c20-17(10-14-8-15-2-3-16(9-14)19-15)18-5-1-6-21-11-13-4-7-22-12-13;/h13-16,19H,1-12H2,(H,18,20);1H. The molecule has 0 saturated carbocycles. The molecule has 23 heavy (non-hydrogen) atoms. The lowest BCUT2D eigenvalue weighted by Gasteiger charge is -2.28. The maximum atomic E-state index is 12.0. The van der Waals surface area contributed by atoms with Crippen LogP contribution in [0.25, 0.3) is 0 Å². The second kappa shape index (κ2) is 9.82. The van der Waals surface area contributed by atoms with Crippen molar-refractivity contribution < 1.29 is 14.3 Å². The van der Waals surface area contributed by atoms with Crippen LogP contribution in [0.2, 0.25) is 0 Å². The van der Waals surface area contributed by atoms with Crippen molar-refractivity contribution in [2.75, 3.05) is 33.0 Å². The molecule has 3 aliphatic rings. The maximum Gasteiger partial charge on any atom is 0.220 e. The fourth-order valence-corrected chi connectivity index (χ4v) is 4.04. The first-order chi connectivity index (χ1) is 10.8. The van der Waals surface area contributed by atoms with E-state index in [-0.39, 0.29) is 18.3 Å². The molecule has 0 aromatic carbocycles. The van der Waals surface area contributed by atoms with Crippen LogP contribution >= 0.6 is 12.4 Å². The number of hydrogen-bond acceptors (Lipinski definition) is 4. The SMILES string of the molecule is Cl.O=C(CC1CC2CCC(C1)N2)NCCCOCC1CCOC1. The third-order valence-corrected chi connectivity index (χ3v) is 5.21. The summed E-state index contributed by atoms with van der Waals surface area (Å²) in [6.07, 6.45) is 7.67. The lowest BCUT2D eigenvalue weighted by molar-refractivity contribution is -0.122. The van der Waals surface area contributed by atoms with Crippen molar-refractivity contribution in [3.63, 3.8) is 0 Å². The smallest absolute Gasteiger partial charge is 0.220 e. The average Bonchev–Trinajstić information content (AvgIpc) is 3.12. The van der Waals surface area contributed by atoms with Crippen LogP contribution in [0.5, 0.6) is 0 Å². The second-order valence-corrected chi connectivity index (χ2v) is 7.19. The van der Waals surface area contributed by atoms with Crippen molar-refractivity contribution in [1.82, 2.24) is 10.6 Å². The number of carbonyl (C=O) groups is 1. The monoisotopic (exact) mass is 346 g/mol. The van der Waals surface area contributed by atoms with E-state index in [1.807, 2.05) is 0 Å². The van der Waals surface area contributed by atoms with Crippen LogP contribution in [0.3, 0.4) is 0 Å². The number of ether oxygens (including phenoxy) is 2. The van der Waals surface area contributed by atoms with E-state index in [4.69, 9.17) is 9.47 Å². The van der Waals surface area contributed by atoms with Gasteiger partial charge in [0.2, 0.25) is 5.91 Å². The van der Waals surface area contributed by atoms with Gasteiger partial charge in [-0.3, -0.25) is 4.79 Å². The Balaban J connectivity index is 0.00000192. The molecule has 0 radical (unpaired) electrons. The molecule has 0 aromatic rings. The van der Waals surface area contributed by atoms with Gasteiger partial charge in [-0.25, -0.2) is 0 Å². The number of piperidine rings is 1. The Morgan fingerprint density at radius 3 is 2.65 bits per heavy atom. The van der Waals surface area contributed by atoms with Crippen LogP contribution in [-0.4, -0.2) is 51.0 Å². The van der Waals surface area contributed by atoms with Gasteiger partial charge in [-0.05, 0) is 44.4 Å². The summed E-state index contributed by atoms with van der Waals surface area (Å²) in [4.78, 5) is 12.0. The number of nitrogens with one attached hydrogen (secondary N) is 2. The first kappa shape index (κ1) is 19.0. The number of hydrogen-bond donors (Lipinski definition) is 2. The molecule has 0 spiro atoms. The van der Waals surface area contributed by atoms with Crippen LogP contribution in [0.15, 0.2) is 0 Å². The molecule has 6 heteroatoms. The Hall–Kier alpha value is -0.360. The zero-order chi connectivity index (χ0) is 15.2. The van der Waals surface area contributed by atoms with Crippen molar-refractivity contribution in [1.29, 1.82) is 0 Å². The molecule has 3 unspecified atom stereocenters. The molecule has 5 nitrogen and oxygen atoms in total. The Morgan fingerprint density at radius 2 is 1.96 bits per heavy atom. The average molecular weight is 347 g/mol. The molecule has 2 N–H and O–H groups in total. The van der Waals surface area contributed by atoms with Crippen LogP contribution < -0.4 is 10.6 Å². The largest absolute Gasteiger partial charge is 0.381 e. The quantitative estimate of drug-likeness (QED) is 0.659. The minimum absolute atomic E-state index is 0. The van der Waals surface area contributed by atoms with E-state index in [0.29, 0.717) is 30.3 Å². The highest BCUT2D eigenvalue weighted by Crippen LogP contribution is 2.32. The third kappa shape index (κ3) is 6.22. The number of carbonyl (C=O) groups excluding carboxylic acids is 1. The van der Waals surface area contributed by atoms with Gasteiger partial charge in [0, 0.05) is 44.2 Å². The summed E-state index contributed by atoms with van der Waals surface area (Å²) < 4.78 is 11.0. The molecule has 3 aliphatic heterocycles. The second-order valence-electron chi connectivity index (χ2n) is 7.19. The lowest BCUT2D eigenvalue weighted by Crippen LogP contribution is -2.39. The van der Waals surface area contributed by atoms with E-state index in [1.54, 1.807) is 0 Å². The van der Waals surface area contributed by atoms with Crippen molar-refractivity contribution >= 4 is 18.3 Å². The predicted molar refractivity (Wildman–Crippen MR) is 91.9 cm³/mol. The van der Waals surface area contributed by atoms with E-state index in [1.165, 1.54) is 25.7 Å². The molecule has 0 aliphatic carbocycles. The fourth-order valence-electron chi connectivity index (χ4n) is 4.04. The van der Waals surface area contributed by atoms with Gasteiger partial charge in [0.05, 0.1) is 13.2 Å². The molecule has 134 valence electrons. The molecule has 2 bridgehead atoms. The summed E-state index contributed by atoms with van der Waals surface area (Å²) in [5, 5.41) is 6.67. The van der Waals surface area contributed by atoms with E-state index in [2.05, 4.69) is 10.6 Å². The number of amides is 1. The topological polar surface area (TPSA) is 59.6 Å². The molecule has 0 aromatic heterocycles. The van der Waals surface area contributed by atoms with E-state index in [9.17, 15) is 4.79 Å². The van der Waals surface area contributed by atoms with Gasteiger partial charge in [-0.1, -0.05) is 0 Å². The maximum absolute atomic E-state index is 12.0. The number of halogens is 1. The van der Waals surface area contributed by atoms with Gasteiger partial charge in [0.15, 0.2) is 0 Å². The summed E-state index contributed by atoms with van der Waals surface area (Å²) in [5.74, 6) is 1.37. The van der Waals surface area contributed by atoms with E-state index < -0.39 is 0 Å². The lowest BCUT2D eigenvalue weighted by atomic mass is 9.89. The number of fused-ring (bicyclic) bond motifs is 2. The third-order valence-electron chi connectivity index (χ3n) is 5.21. The zero-order valence-electron chi connectivity index (χ0n) is 13.9. The predicted octanol–water partition coefficient (Wildman–Crippen LogP) is 1.89. The first-order valence-electron chi connectivity index (χ1n) is 8.98. The summed E-state index contributed by atoms with van der Waals surface area (Å²) in [5.41, 5.74) is 0. The van der Waals surface area contributed by atoms with E-state index >= 15 is 0 Å². The Kier molecular flexibility index (Phi) is 8.10. The molecule has 3 rings (SSSR count). The van der Waals surface area contributed by atoms with Crippen molar-refractivity contribution in [3.8, 4) is 0 Å². The summed E-state index contributed by atoms with van der Waals surface area (Å²) in [6, 6.07) is 1.34. The van der Waals surface area contributed by atoms with Gasteiger partial charge < -0.3 is 20.1 Å². The van der Waals surface area contributed by atoms with Gasteiger partial charge >= 0.3 is 0 Å². The first-order valence-corrected chi connectivity index (χ1v) is 8.98. The van der Waals surface area contributed by atoms with Crippen LogP contribution in [0.4, 0.5) is 0 Å². The van der Waals surface area contributed by atoms with Crippen molar-refractivity contribution in [2.45, 2.75) is 57.0 Å². The van der Waals surface area contributed by atoms with Gasteiger partial charge in [0.25, 0.3) is 0 Å². The highest BCUT2D eigenvalue weighted by atomic mass is 35.5. The normalized spacial score (nSPS) is 32.5.